The summed E-state index contributed by atoms with van der Waals surface area (Å²) in [4.78, 5) is 12.2. The summed E-state index contributed by atoms with van der Waals surface area (Å²) in [5.74, 6) is -0.319. The average molecular weight is 329 g/mol. The largest absolute Gasteiger partial charge is 0.348 e. The molecule has 0 heterocycles. The molecule has 0 fully saturated rings. The van der Waals surface area contributed by atoms with Crippen LogP contribution in [0.2, 0.25) is 0 Å². The zero-order valence-corrected chi connectivity index (χ0v) is 13.2. The summed E-state index contributed by atoms with van der Waals surface area (Å²) in [6, 6.07) is 14.6. The molecule has 23 heavy (non-hydrogen) atoms. The number of nitrogens with one attached hydrogen (secondary N) is 2. The van der Waals surface area contributed by atoms with Crippen molar-refractivity contribution in [1.29, 1.82) is 5.26 Å². The number of sulfonamides is 1. The van der Waals surface area contributed by atoms with Gasteiger partial charge < -0.3 is 5.32 Å². The molecule has 2 rings (SSSR count). The SMILES string of the molecule is CNS(=O)(=O)c1ccc(C(=O)NCc2cccc(C#N)c2)cc1. The van der Waals surface area contributed by atoms with Crippen LogP contribution in [0.5, 0.6) is 0 Å². The molecule has 1 amide bonds. The lowest BCUT2D eigenvalue weighted by atomic mass is 10.1. The van der Waals surface area contributed by atoms with Crippen molar-refractivity contribution in [1.82, 2.24) is 10.0 Å². The van der Waals surface area contributed by atoms with E-state index in [0.29, 0.717) is 11.1 Å². The minimum atomic E-state index is -3.52. The molecule has 0 radical (unpaired) electrons. The van der Waals surface area contributed by atoms with Crippen molar-refractivity contribution in [3.8, 4) is 6.07 Å². The van der Waals surface area contributed by atoms with Gasteiger partial charge in [0.1, 0.15) is 0 Å². The fraction of sp³-hybridized carbons (Fsp3) is 0.125. The van der Waals surface area contributed by atoms with E-state index >= 15 is 0 Å². The molecule has 0 atom stereocenters. The van der Waals surface area contributed by atoms with Crippen LogP contribution in [0.15, 0.2) is 53.4 Å². The summed E-state index contributed by atoms with van der Waals surface area (Å²) < 4.78 is 25.4. The number of amides is 1. The molecule has 0 saturated heterocycles. The van der Waals surface area contributed by atoms with E-state index in [0.717, 1.165) is 5.56 Å². The minimum absolute atomic E-state index is 0.0956. The van der Waals surface area contributed by atoms with Gasteiger partial charge in [0, 0.05) is 12.1 Å². The summed E-state index contributed by atoms with van der Waals surface area (Å²) in [6.45, 7) is 0.283. The number of benzene rings is 2. The second kappa shape index (κ2) is 7.05. The predicted octanol–water partition coefficient (Wildman–Crippen LogP) is 1.40. The Labute approximate surface area is 134 Å². The first-order valence-electron chi connectivity index (χ1n) is 6.77. The van der Waals surface area contributed by atoms with Crippen molar-refractivity contribution in [3.63, 3.8) is 0 Å². The van der Waals surface area contributed by atoms with E-state index in [1.807, 2.05) is 12.1 Å². The predicted molar refractivity (Wildman–Crippen MR) is 85.0 cm³/mol. The summed E-state index contributed by atoms with van der Waals surface area (Å²) in [5, 5.41) is 11.6. The summed E-state index contributed by atoms with van der Waals surface area (Å²) in [5.41, 5.74) is 1.70. The van der Waals surface area contributed by atoms with E-state index in [1.54, 1.807) is 18.2 Å². The van der Waals surface area contributed by atoms with E-state index in [2.05, 4.69) is 10.0 Å². The first kappa shape index (κ1) is 16.7. The Morgan fingerprint density at radius 3 is 2.48 bits per heavy atom. The molecule has 2 N–H and O–H groups in total. The van der Waals surface area contributed by atoms with Crippen molar-refractivity contribution in [2.45, 2.75) is 11.4 Å². The van der Waals surface area contributed by atoms with Crippen molar-refractivity contribution in [3.05, 3.63) is 65.2 Å². The minimum Gasteiger partial charge on any atom is -0.348 e. The van der Waals surface area contributed by atoms with Gasteiger partial charge in [0.05, 0.1) is 16.5 Å². The highest BCUT2D eigenvalue weighted by Crippen LogP contribution is 2.10. The third kappa shape index (κ3) is 4.16. The lowest BCUT2D eigenvalue weighted by Gasteiger charge is -2.07. The van der Waals surface area contributed by atoms with Gasteiger partial charge in [-0.3, -0.25) is 4.79 Å². The van der Waals surface area contributed by atoms with Gasteiger partial charge in [-0.15, -0.1) is 0 Å². The zero-order chi connectivity index (χ0) is 16.9. The van der Waals surface area contributed by atoms with Crippen LogP contribution in [-0.4, -0.2) is 21.4 Å². The second-order valence-electron chi connectivity index (χ2n) is 4.73. The van der Waals surface area contributed by atoms with Gasteiger partial charge in [-0.25, -0.2) is 13.1 Å². The molecule has 0 aliphatic heterocycles. The third-order valence-electron chi connectivity index (χ3n) is 3.20. The van der Waals surface area contributed by atoms with E-state index in [9.17, 15) is 13.2 Å². The van der Waals surface area contributed by atoms with Gasteiger partial charge in [-0.2, -0.15) is 5.26 Å². The van der Waals surface area contributed by atoms with Gasteiger partial charge in [0.2, 0.25) is 10.0 Å². The quantitative estimate of drug-likeness (QED) is 0.866. The van der Waals surface area contributed by atoms with Crippen LogP contribution >= 0.6 is 0 Å². The Hall–Kier alpha value is -2.69. The van der Waals surface area contributed by atoms with Gasteiger partial charge in [0.15, 0.2) is 0 Å². The Morgan fingerprint density at radius 1 is 1.17 bits per heavy atom. The van der Waals surface area contributed by atoms with E-state index < -0.39 is 10.0 Å². The van der Waals surface area contributed by atoms with Crippen molar-refractivity contribution >= 4 is 15.9 Å². The summed E-state index contributed by atoms with van der Waals surface area (Å²) in [6.07, 6.45) is 0. The molecule has 0 unspecified atom stereocenters. The van der Waals surface area contributed by atoms with Gasteiger partial charge in [0.25, 0.3) is 5.91 Å². The smallest absolute Gasteiger partial charge is 0.251 e. The second-order valence-corrected chi connectivity index (χ2v) is 6.61. The highest BCUT2D eigenvalue weighted by atomic mass is 32.2. The average Bonchev–Trinajstić information content (AvgIpc) is 2.60. The van der Waals surface area contributed by atoms with Gasteiger partial charge in [-0.05, 0) is 49.0 Å². The number of hydrogen-bond donors (Lipinski definition) is 2. The van der Waals surface area contributed by atoms with Gasteiger partial charge >= 0.3 is 0 Å². The van der Waals surface area contributed by atoms with E-state index in [-0.39, 0.29) is 17.3 Å². The number of rotatable bonds is 5. The first-order valence-corrected chi connectivity index (χ1v) is 8.25. The van der Waals surface area contributed by atoms with Crippen LogP contribution in [-0.2, 0) is 16.6 Å². The van der Waals surface area contributed by atoms with Crippen LogP contribution in [0, 0.1) is 11.3 Å². The van der Waals surface area contributed by atoms with Crippen LogP contribution in [0.4, 0.5) is 0 Å². The maximum absolute atomic E-state index is 12.1. The Kier molecular flexibility index (Phi) is 5.11. The molecule has 2 aromatic rings. The maximum atomic E-state index is 12.1. The molecule has 0 spiro atoms. The topological polar surface area (TPSA) is 99.1 Å². The molecule has 0 bridgehead atoms. The highest BCUT2D eigenvalue weighted by molar-refractivity contribution is 7.89. The molecule has 0 aromatic heterocycles. The first-order chi connectivity index (χ1) is 11.0. The lowest BCUT2D eigenvalue weighted by molar-refractivity contribution is 0.0951. The maximum Gasteiger partial charge on any atom is 0.251 e. The standard InChI is InChI=1S/C16H15N3O3S/c1-18-23(21,22)15-7-5-14(6-8-15)16(20)19-11-13-4-2-3-12(9-13)10-17/h2-9,18H,11H2,1H3,(H,19,20). The molecule has 0 aliphatic carbocycles. The van der Waals surface area contributed by atoms with E-state index in [1.165, 1.54) is 31.3 Å². The fourth-order valence-electron chi connectivity index (χ4n) is 1.94. The molecule has 0 aliphatic rings. The van der Waals surface area contributed by atoms with Gasteiger partial charge in [-0.1, -0.05) is 12.1 Å². The normalized spacial score (nSPS) is 10.8. The number of nitrogens with zero attached hydrogens (tertiary/aromatic N) is 1. The Morgan fingerprint density at radius 2 is 1.87 bits per heavy atom. The van der Waals surface area contributed by atoms with Crippen molar-refractivity contribution in [2.75, 3.05) is 7.05 Å². The monoisotopic (exact) mass is 329 g/mol. The number of carbonyl (C=O) groups is 1. The molecular weight excluding hydrogens is 314 g/mol. The number of nitriles is 1. The van der Waals surface area contributed by atoms with Crippen LogP contribution in [0.1, 0.15) is 21.5 Å². The summed E-state index contributed by atoms with van der Waals surface area (Å²) >= 11 is 0. The van der Waals surface area contributed by atoms with Crippen LogP contribution < -0.4 is 10.0 Å². The number of carbonyl (C=O) groups excluding carboxylic acids is 1. The zero-order valence-electron chi connectivity index (χ0n) is 12.4. The number of hydrogen-bond acceptors (Lipinski definition) is 4. The molecule has 7 heteroatoms. The lowest BCUT2D eigenvalue weighted by Crippen LogP contribution is -2.23. The van der Waals surface area contributed by atoms with Crippen molar-refractivity contribution < 1.29 is 13.2 Å². The third-order valence-corrected chi connectivity index (χ3v) is 4.63. The Balaban J connectivity index is 2.05. The van der Waals surface area contributed by atoms with Crippen molar-refractivity contribution in [2.24, 2.45) is 0 Å². The highest BCUT2D eigenvalue weighted by Gasteiger charge is 2.12. The van der Waals surface area contributed by atoms with Crippen LogP contribution in [0.3, 0.4) is 0 Å². The Bertz CT molecular complexity index is 853. The van der Waals surface area contributed by atoms with E-state index in [4.69, 9.17) is 5.26 Å². The molecule has 6 nitrogen and oxygen atoms in total. The molecular formula is C16H15N3O3S. The molecule has 2 aromatic carbocycles. The van der Waals surface area contributed by atoms with Crippen LogP contribution in [0.25, 0.3) is 0 Å². The molecule has 118 valence electrons. The summed E-state index contributed by atoms with van der Waals surface area (Å²) in [7, 11) is -2.19. The molecule has 0 saturated carbocycles. The fourth-order valence-corrected chi connectivity index (χ4v) is 2.67.